The molecule has 0 amide bonds. The fourth-order valence-electron chi connectivity index (χ4n) is 7.63. The van der Waals surface area contributed by atoms with Crippen LogP contribution in [-0.2, 0) is 48.2 Å². The van der Waals surface area contributed by atoms with Crippen LogP contribution in [-0.4, -0.2) is 75.6 Å². The predicted molar refractivity (Wildman–Crippen MR) is 218 cm³/mol. The van der Waals surface area contributed by atoms with E-state index in [1.54, 1.807) is 12.2 Å². The van der Waals surface area contributed by atoms with Crippen LogP contribution in [0.4, 0.5) is 0 Å². The second-order valence-electron chi connectivity index (χ2n) is 14.2. The Kier molecular flexibility index (Phi) is 13.6. The molecule has 2 aliphatic rings. The number of hydrogen-bond acceptors (Lipinski definition) is 10. The average molecular weight is 751 g/mol. The van der Waals surface area contributed by atoms with E-state index < -0.39 is 0 Å². The Bertz CT molecular complexity index is 2020. The van der Waals surface area contributed by atoms with Gasteiger partial charge in [-0.25, -0.2) is 9.59 Å². The van der Waals surface area contributed by atoms with Gasteiger partial charge in [0.2, 0.25) is 0 Å². The minimum absolute atomic E-state index is 0.335. The molecule has 2 aromatic carbocycles. The van der Waals surface area contributed by atoms with Crippen molar-refractivity contribution in [3.63, 3.8) is 0 Å². The third kappa shape index (κ3) is 8.89. The molecule has 0 atom stereocenters. The van der Waals surface area contributed by atoms with E-state index in [0.29, 0.717) is 119 Å². The molecule has 4 heterocycles. The van der Waals surface area contributed by atoms with E-state index in [1.165, 1.54) is 0 Å². The highest BCUT2D eigenvalue weighted by atomic mass is 16.5. The maximum atomic E-state index is 13.4. The lowest BCUT2D eigenvalue weighted by atomic mass is 9.96. The van der Waals surface area contributed by atoms with Gasteiger partial charge in [0, 0.05) is 67.6 Å². The van der Waals surface area contributed by atoms with E-state index in [1.807, 2.05) is 26.0 Å². The second kappa shape index (κ2) is 18.7. The lowest BCUT2D eigenvalue weighted by molar-refractivity contribution is 0.0336. The highest BCUT2D eigenvalue weighted by Gasteiger charge is 2.24. The number of aryl methyl sites for hydroxylation is 2. The summed E-state index contributed by atoms with van der Waals surface area (Å²) >= 11 is 0. The molecule has 0 saturated carbocycles. The number of nitrogens with zero attached hydrogens (tertiary/aromatic N) is 2. The molecule has 0 aliphatic carbocycles. The first-order valence-corrected chi connectivity index (χ1v) is 19.3. The number of allylic oxidation sites excluding steroid dienone is 4. The van der Waals surface area contributed by atoms with E-state index in [9.17, 15) is 9.59 Å². The van der Waals surface area contributed by atoms with Crippen molar-refractivity contribution >= 4 is 21.9 Å². The molecule has 0 spiro atoms. The Morgan fingerprint density at radius 1 is 0.600 bits per heavy atom. The smallest absolute Gasteiger partial charge is 0.341 e. The van der Waals surface area contributed by atoms with Gasteiger partial charge < -0.3 is 27.8 Å². The van der Waals surface area contributed by atoms with Gasteiger partial charge in [0.05, 0.1) is 50.8 Å². The standard InChI is InChI=1S/C45H54N2O8/c1-7-12-32-26-36-30(5)38(28-46-16-22-50-23-17-46)44(48)54-42(36)34(14-9-3)40(32)52-20-11-21-53-41-33(13-8-2)27-37-31(6)39(29-47-18-24-51-25-19-47)45(49)55-43(37)35(41)15-10-4/h7-10,26-27H,1-4,11-25,28-29H2,5-6H3. The van der Waals surface area contributed by atoms with Crippen molar-refractivity contribution in [3.8, 4) is 11.5 Å². The van der Waals surface area contributed by atoms with Gasteiger partial charge in [-0.3, -0.25) is 9.80 Å². The average Bonchev–Trinajstić information content (AvgIpc) is 3.18. The zero-order valence-electron chi connectivity index (χ0n) is 32.5. The van der Waals surface area contributed by atoms with Crippen LogP contribution in [0.15, 0.2) is 81.2 Å². The van der Waals surface area contributed by atoms with Crippen LogP contribution >= 0.6 is 0 Å². The van der Waals surface area contributed by atoms with Crippen LogP contribution < -0.4 is 20.7 Å². The summed E-state index contributed by atoms with van der Waals surface area (Å²) in [5.41, 5.74) is 7.03. The Balaban J connectivity index is 1.25. The largest absolute Gasteiger partial charge is 0.493 e. The SMILES string of the molecule is C=CCc1cc2c(C)c(CN3CCOCC3)c(=O)oc2c(CC=C)c1OCCCOc1c(CC=C)cc2c(C)c(CN3CCOCC3)c(=O)oc2c1CC=C. The zero-order chi connectivity index (χ0) is 38.9. The maximum absolute atomic E-state index is 13.4. The molecule has 2 fully saturated rings. The quantitative estimate of drug-likeness (QED) is 0.0604. The lowest BCUT2D eigenvalue weighted by Crippen LogP contribution is -2.37. The minimum atomic E-state index is -0.335. The van der Waals surface area contributed by atoms with Crippen molar-refractivity contribution in [2.45, 2.75) is 59.0 Å². The van der Waals surface area contributed by atoms with Crippen molar-refractivity contribution in [1.82, 2.24) is 9.80 Å². The molecule has 10 heteroatoms. The van der Waals surface area contributed by atoms with Crippen molar-refractivity contribution in [1.29, 1.82) is 0 Å². The third-order valence-corrected chi connectivity index (χ3v) is 10.6. The number of ether oxygens (including phenoxy) is 4. The first-order chi connectivity index (χ1) is 26.8. The molecular formula is C45H54N2O8. The first-order valence-electron chi connectivity index (χ1n) is 19.3. The Morgan fingerprint density at radius 3 is 1.35 bits per heavy atom. The normalized spacial score (nSPS) is 15.3. The van der Waals surface area contributed by atoms with E-state index >= 15 is 0 Å². The van der Waals surface area contributed by atoms with Gasteiger partial charge >= 0.3 is 11.3 Å². The van der Waals surface area contributed by atoms with Gasteiger partial charge in [-0.2, -0.15) is 0 Å². The summed E-state index contributed by atoms with van der Waals surface area (Å²) in [6, 6.07) is 4.13. The van der Waals surface area contributed by atoms with E-state index in [4.69, 9.17) is 27.8 Å². The number of benzene rings is 2. The lowest BCUT2D eigenvalue weighted by Gasteiger charge is -2.27. The molecule has 292 valence electrons. The predicted octanol–water partition coefficient (Wildman–Crippen LogP) is 6.94. The molecule has 6 rings (SSSR count). The van der Waals surface area contributed by atoms with Crippen LogP contribution in [0.3, 0.4) is 0 Å². The van der Waals surface area contributed by atoms with Gasteiger partial charge in [-0.05, 0) is 73.9 Å². The van der Waals surface area contributed by atoms with Crippen LogP contribution in [0.2, 0.25) is 0 Å². The number of fused-ring (bicyclic) bond motifs is 2. The summed E-state index contributed by atoms with van der Waals surface area (Å²) < 4.78 is 36.2. The van der Waals surface area contributed by atoms with Crippen LogP contribution in [0.1, 0.15) is 50.9 Å². The number of morpholine rings is 2. The van der Waals surface area contributed by atoms with Gasteiger partial charge in [0.15, 0.2) is 0 Å². The topological polar surface area (TPSA) is 104 Å². The van der Waals surface area contributed by atoms with Crippen LogP contribution in [0.5, 0.6) is 11.5 Å². The van der Waals surface area contributed by atoms with E-state index in [-0.39, 0.29) is 11.3 Å². The van der Waals surface area contributed by atoms with Crippen molar-refractivity contribution in [3.05, 3.63) is 128 Å². The molecule has 55 heavy (non-hydrogen) atoms. The molecule has 2 saturated heterocycles. The Labute approximate surface area is 323 Å². The molecule has 0 unspecified atom stereocenters. The monoisotopic (exact) mass is 750 g/mol. The molecule has 4 aromatic rings. The number of hydrogen-bond donors (Lipinski definition) is 0. The van der Waals surface area contributed by atoms with Gasteiger partial charge in [-0.15, -0.1) is 26.3 Å². The maximum Gasteiger partial charge on any atom is 0.341 e. The summed E-state index contributed by atoms with van der Waals surface area (Å²) in [5.74, 6) is 1.35. The minimum Gasteiger partial charge on any atom is -0.493 e. The van der Waals surface area contributed by atoms with Crippen molar-refractivity contribution < 1.29 is 27.8 Å². The molecule has 0 N–H and O–H groups in total. The second-order valence-corrected chi connectivity index (χ2v) is 14.2. The van der Waals surface area contributed by atoms with Gasteiger partial charge in [0.1, 0.15) is 22.7 Å². The van der Waals surface area contributed by atoms with E-state index in [2.05, 4.69) is 48.2 Å². The zero-order valence-corrected chi connectivity index (χ0v) is 32.5. The third-order valence-electron chi connectivity index (χ3n) is 10.6. The fraction of sp³-hybridized carbons (Fsp3) is 0.422. The highest BCUT2D eigenvalue weighted by Crippen LogP contribution is 2.37. The summed E-state index contributed by atoms with van der Waals surface area (Å²) in [6.45, 7) is 27.4. The molecule has 10 nitrogen and oxygen atoms in total. The summed E-state index contributed by atoms with van der Waals surface area (Å²) in [6.07, 6.45) is 9.94. The Hall–Kier alpha value is -4.74. The fourth-order valence-corrected chi connectivity index (χ4v) is 7.63. The molecule has 0 bridgehead atoms. The van der Waals surface area contributed by atoms with Crippen LogP contribution in [0, 0.1) is 13.8 Å². The summed E-state index contributed by atoms with van der Waals surface area (Å²) in [7, 11) is 0. The highest BCUT2D eigenvalue weighted by molar-refractivity contribution is 5.88. The summed E-state index contributed by atoms with van der Waals surface area (Å²) in [4.78, 5) is 31.3. The Morgan fingerprint density at radius 2 is 0.982 bits per heavy atom. The van der Waals surface area contributed by atoms with Gasteiger partial charge in [-0.1, -0.05) is 24.3 Å². The summed E-state index contributed by atoms with van der Waals surface area (Å²) in [5, 5.41) is 1.78. The van der Waals surface area contributed by atoms with Gasteiger partial charge in [0.25, 0.3) is 0 Å². The van der Waals surface area contributed by atoms with Crippen LogP contribution in [0.25, 0.3) is 21.9 Å². The molecule has 2 aliphatic heterocycles. The molecule has 0 radical (unpaired) electrons. The molecule has 2 aromatic heterocycles. The first kappa shape index (κ1) is 39.9. The van der Waals surface area contributed by atoms with Crippen molar-refractivity contribution in [2.75, 3.05) is 65.8 Å². The van der Waals surface area contributed by atoms with E-state index in [0.717, 1.165) is 70.3 Å². The molecular weight excluding hydrogens is 697 g/mol. The van der Waals surface area contributed by atoms with Crippen molar-refractivity contribution in [2.24, 2.45) is 0 Å². The number of rotatable bonds is 18.